The third-order valence-corrected chi connectivity index (χ3v) is 2.13. The van der Waals surface area contributed by atoms with Crippen LogP contribution >= 0.6 is 0 Å². The Morgan fingerprint density at radius 1 is 1.31 bits per heavy atom. The van der Waals surface area contributed by atoms with Gasteiger partial charge in [-0.1, -0.05) is 17.7 Å². The minimum absolute atomic E-state index is 0.910. The Kier molecular flexibility index (Phi) is 3.32. The minimum atomic E-state index is 0.910. The first kappa shape index (κ1) is 10.1. The Bertz CT molecular complexity index is 279. The van der Waals surface area contributed by atoms with Crippen LogP contribution in [-0.4, -0.2) is 25.5 Å². The van der Waals surface area contributed by atoms with E-state index in [9.17, 15) is 0 Å². The molecule has 2 N–H and O–H groups in total. The van der Waals surface area contributed by atoms with Crippen LogP contribution in [0.5, 0.6) is 0 Å². The highest BCUT2D eigenvalue weighted by atomic mass is 15.0. The van der Waals surface area contributed by atoms with E-state index in [4.69, 9.17) is 5.73 Å². The molecular formula is C11H18N2. The molecule has 0 aliphatic heterocycles. The number of benzene rings is 1. The summed E-state index contributed by atoms with van der Waals surface area (Å²) in [5, 5.41) is 0. The molecule has 0 aromatic heterocycles. The lowest BCUT2D eigenvalue weighted by molar-refractivity contribution is 0.414. The molecule has 0 saturated heterocycles. The van der Waals surface area contributed by atoms with Crippen LogP contribution in [0.15, 0.2) is 18.2 Å². The fourth-order valence-electron chi connectivity index (χ4n) is 1.30. The third-order valence-electron chi connectivity index (χ3n) is 2.13. The number of rotatable bonds is 3. The summed E-state index contributed by atoms with van der Waals surface area (Å²) in [6.45, 7) is 3.15. The van der Waals surface area contributed by atoms with Gasteiger partial charge in [0.1, 0.15) is 0 Å². The first-order valence-electron chi connectivity index (χ1n) is 4.59. The lowest BCUT2D eigenvalue weighted by Gasteiger charge is -2.11. The number of hydrogen-bond acceptors (Lipinski definition) is 2. The van der Waals surface area contributed by atoms with E-state index < -0.39 is 0 Å². The molecule has 1 aromatic carbocycles. The number of nitrogen functional groups attached to an aromatic ring is 1. The van der Waals surface area contributed by atoms with Crippen molar-refractivity contribution in [3.05, 3.63) is 29.3 Å². The largest absolute Gasteiger partial charge is 0.399 e. The topological polar surface area (TPSA) is 29.3 Å². The number of nitrogens with two attached hydrogens (primary N) is 1. The molecule has 0 aliphatic rings. The molecule has 0 aliphatic carbocycles. The van der Waals surface area contributed by atoms with Gasteiger partial charge in [0.2, 0.25) is 0 Å². The van der Waals surface area contributed by atoms with Crippen LogP contribution in [-0.2, 0) is 6.42 Å². The maximum atomic E-state index is 5.86. The molecule has 1 aromatic rings. The summed E-state index contributed by atoms with van der Waals surface area (Å²) in [7, 11) is 4.15. The Morgan fingerprint density at radius 2 is 2.00 bits per heavy atom. The molecule has 1 rings (SSSR count). The predicted octanol–water partition coefficient (Wildman–Crippen LogP) is 1.68. The fourth-order valence-corrected chi connectivity index (χ4v) is 1.30. The second kappa shape index (κ2) is 4.28. The Morgan fingerprint density at radius 3 is 2.62 bits per heavy atom. The van der Waals surface area contributed by atoms with Crippen molar-refractivity contribution in [2.75, 3.05) is 26.4 Å². The highest BCUT2D eigenvalue weighted by molar-refractivity contribution is 5.48. The molecule has 72 valence electrons. The van der Waals surface area contributed by atoms with Gasteiger partial charge in [-0.15, -0.1) is 0 Å². The van der Waals surface area contributed by atoms with Gasteiger partial charge in [-0.05, 0) is 39.1 Å². The second-order valence-corrected chi connectivity index (χ2v) is 3.76. The minimum Gasteiger partial charge on any atom is -0.399 e. The van der Waals surface area contributed by atoms with Gasteiger partial charge in [0, 0.05) is 12.2 Å². The lowest BCUT2D eigenvalue weighted by Crippen LogP contribution is -2.15. The maximum absolute atomic E-state index is 5.86. The van der Waals surface area contributed by atoms with Crippen LogP contribution in [0.2, 0.25) is 0 Å². The summed E-state index contributed by atoms with van der Waals surface area (Å²) in [6, 6.07) is 6.20. The molecule has 0 amide bonds. The Balaban J connectivity index is 2.70. The highest BCUT2D eigenvalue weighted by Gasteiger charge is 1.99. The normalized spacial score (nSPS) is 10.8. The molecule has 2 nitrogen and oxygen atoms in total. The van der Waals surface area contributed by atoms with Gasteiger partial charge in [-0.3, -0.25) is 0 Å². The van der Waals surface area contributed by atoms with Crippen molar-refractivity contribution in [2.24, 2.45) is 0 Å². The summed E-state index contributed by atoms with van der Waals surface area (Å²) < 4.78 is 0. The molecule has 0 saturated carbocycles. The summed E-state index contributed by atoms with van der Waals surface area (Å²) >= 11 is 0. The lowest BCUT2D eigenvalue weighted by atomic mass is 10.1. The number of nitrogens with zero attached hydrogens (tertiary/aromatic N) is 1. The van der Waals surface area contributed by atoms with Crippen LogP contribution in [0.3, 0.4) is 0 Å². The summed E-state index contributed by atoms with van der Waals surface area (Å²) in [6.07, 6.45) is 1.03. The van der Waals surface area contributed by atoms with Crippen LogP contribution in [0.1, 0.15) is 11.1 Å². The van der Waals surface area contributed by atoms with E-state index in [1.54, 1.807) is 0 Å². The van der Waals surface area contributed by atoms with E-state index in [1.165, 1.54) is 11.1 Å². The number of likely N-dealkylation sites (N-methyl/N-ethyl adjacent to an activating group) is 1. The first-order chi connectivity index (χ1) is 6.09. The number of hydrogen-bond donors (Lipinski definition) is 1. The van der Waals surface area contributed by atoms with E-state index >= 15 is 0 Å². The third kappa shape index (κ3) is 3.07. The van der Waals surface area contributed by atoms with Crippen molar-refractivity contribution in [1.82, 2.24) is 4.90 Å². The molecule has 13 heavy (non-hydrogen) atoms. The predicted molar refractivity (Wildman–Crippen MR) is 57.8 cm³/mol. The smallest absolute Gasteiger partial charge is 0.0347 e. The standard InChI is InChI=1S/C11H18N2/c1-9-4-5-11(12)10(8-9)6-7-13(2)3/h4-5,8H,6-7,12H2,1-3H3. The van der Waals surface area contributed by atoms with Crippen LogP contribution in [0.4, 0.5) is 5.69 Å². The van der Waals surface area contributed by atoms with E-state index in [2.05, 4.69) is 38.1 Å². The fraction of sp³-hybridized carbons (Fsp3) is 0.455. The van der Waals surface area contributed by atoms with Crippen molar-refractivity contribution >= 4 is 5.69 Å². The highest BCUT2D eigenvalue weighted by Crippen LogP contribution is 2.14. The quantitative estimate of drug-likeness (QED) is 0.714. The molecule has 0 bridgehead atoms. The Labute approximate surface area is 80.4 Å². The zero-order valence-corrected chi connectivity index (χ0v) is 8.67. The van der Waals surface area contributed by atoms with Crippen molar-refractivity contribution < 1.29 is 0 Å². The number of anilines is 1. The van der Waals surface area contributed by atoms with Gasteiger partial charge in [-0.25, -0.2) is 0 Å². The van der Waals surface area contributed by atoms with E-state index in [0.29, 0.717) is 0 Å². The molecule has 0 radical (unpaired) electrons. The van der Waals surface area contributed by atoms with Gasteiger partial charge >= 0.3 is 0 Å². The van der Waals surface area contributed by atoms with Crippen LogP contribution in [0.25, 0.3) is 0 Å². The monoisotopic (exact) mass is 178 g/mol. The van der Waals surface area contributed by atoms with E-state index in [-0.39, 0.29) is 0 Å². The summed E-state index contributed by atoms with van der Waals surface area (Å²) in [5.41, 5.74) is 9.31. The van der Waals surface area contributed by atoms with Crippen molar-refractivity contribution in [3.63, 3.8) is 0 Å². The maximum Gasteiger partial charge on any atom is 0.0347 e. The van der Waals surface area contributed by atoms with Crippen molar-refractivity contribution in [2.45, 2.75) is 13.3 Å². The molecule has 2 heteroatoms. The zero-order chi connectivity index (χ0) is 9.84. The van der Waals surface area contributed by atoms with Gasteiger partial charge in [0.05, 0.1) is 0 Å². The van der Waals surface area contributed by atoms with Gasteiger partial charge in [0.15, 0.2) is 0 Å². The molecular weight excluding hydrogens is 160 g/mol. The zero-order valence-electron chi connectivity index (χ0n) is 8.67. The molecule has 0 unspecified atom stereocenters. The summed E-state index contributed by atoms with van der Waals surface area (Å²) in [4.78, 5) is 2.17. The van der Waals surface area contributed by atoms with Crippen LogP contribution < -0.4 is 5.73 Å². The van der Waals surface area contributed by atoms with Gasteiger partial charge in [0.25, 0.3) is 0 Å². The van der Waals surface area contributed by atoms with Crippen LogP contribution in [0, 0.1) is 6.92 Å². The molecule has 0 heterocycles. The average Bonchev–Trinajstić information content (AvgIpc) is 2.06. The molecule has 0 spiro atoms. The number of aryl methyl sites for hydroxylation is 1. The molecule has 0 atom stereocenters. The van der Waals surface area contributed by atoms with E-state index in [0.717, 1.165) is 18.7 Å². The van der Waals surface area contributed by atoms with Gasteiger partial charge < -0.3 is 10.6 Å². The Hall–Kier alpha value is -1.02. The SMILES string of the molecule is Cc1ccc(N)c(CCN(C)C)c1. The van der Waals surface area contributed by atoms with E-state index in [1.807, 2.05) is 6.07 Å². The van der Waals surface area contributed by atoms with Crippen molar-refractivity contribution in [3.8, 4) is 0 Å². The first-order valence-corrected chi connectivity index (χ1v) is 4.59. The van der Waals surface area contributed by atoms with Gasteiger partial charge in [-0.2, -0.15) is 0 Å². The second-order valence-electron chi connectivity index (χ2n) is 3.76. The average molecular weight is 178 g/mol. The summed E-state index contributed by atoms with van der Waals surface area (Å²) in [5.74, 6) is 0. The molecule has 0 fully saturated rings. The van der Waals surface area contributed by atoms with Crippen molar-refractivity contribution in [1.29, 1.82) is 0 Å².